The number of carbonyl (C=O) groups excluding carboxylic acids is 1. The summed E-state index contributed by atoms with van der Waals surface area (Å²) in [4.78, 5) is 25.8. The molecule has 0 unspecified atom stereocenters. The Morgan fingerprint density at radius 2 is 1.74 bits per heavy atom. The molecule has 0 bridgehead atoms. The maximum atomic E-state index is 12.7. The number of rotatable bonds is 5. The Morgan fingerprint density at radius 1 is 1.04 bits per heavy atom. The van der Waals surface area contributed by atoms with Gasteiger partial charge in [0.25, 0.3) is 0 Å². The van der Waals surface area contributed by atoms with Gasteiger partial charge in [0.1, 0.15) is 22.6 Å². The molecule has 6 heteroatoms. The van der Waals surface area contributed by atoms with Crippen LogP contribution in [0.4, 0.5) is 0 Å². The van der Waals surface area contributed by atoms with Crippen molar-refractivity contribution in [2.45, 2.75) is 24.7 Å². The summed E-state index contributed by atoms with van der Waals surface area (Å²) in [5, 5.41) is 0.165. The molecule has 0 aliphatic heterocycles. The molecule has 0 radical (unpaired) electrons. The average Bonchev–Trinajstić information content (AvgIpc) is 2.66. The summed E-state index contributed by atoms with van der Waals surface area (Å²) < 4.78 is 15.9. The van der Waals surface area contributed by atoms with E-state index in [0.717, 1.165) is 16.7 Å². The first-order valence-electron chi connectivity index (χ1n) is 8.45. The van der Waals surface area contributed by atoms with Gasteiger partial charge >= 0.3 is 5.63 Å². The zero-order chi connectivity index (χ0) is 19.6. The van der Waals surface area contributed by atoms with Crippen LogP contribution in [0.25, 0.3) is 11.0 Å². The third-order valence-electron chi connectivity index (χ3n) is 4.22. The lowest BCUT2D eigenvalue weighted by Crippen LogP contribution is -2.11. The third kappa shape index (κ3) is 4.01. The van der Waals surface area contributed by atoms with Crippen molar-refractivity contribution >= 4 is 27.8 Å². The van der Waals surface area contributed by atoms with Gasteiger partial charge in [-0.1, -0.05) is 26.0 Å². The highest BCUT2D eigenvalue weighted by Gasteiger charge is 2.18. The van der Waals surface area contributed by atoms with Crippen molar-refractivity contribution in [1.82, 2.24) is 0 Å². The van der Waals surface area contributed by atoms with Crippen molar-refractivity contribution in [3.63, 3.8) is 0 Å². The third-order valence-corrected chi connectivity index (χ3v) is 5.13. The molecule has 3 rings (SSSR count). The van der Waals surface area contributed by atoms with Crippen molar-refractivity contribution in [2.75, 3.05) is 14.2 Å². The van der Waals surface area contributed by atoms with Crippen LogP contribution in [-0.4, -0.2) is 19.3 Å². The topological polar surface area (TPSA) is 65.7 Å². The molecular weight excluding hydrogens is 364 g/mol. The van der Waals surface area contributed by atoms with E-state index in [1.807, 2.05) is 24.3 Å². The molecule has 0 aliphatic rings. The molecule has 0 saturated carbocycles. The molecule has 0 atom stereocenters. The number of fused-ring (bicyclic) bond motifs is 1. The van der Waals surface area contributed by atoms with Gasteiger partial charge in [-0.15, -0.1) is 0 Å². The fourth-order valence-electron chi connectivity index (χ4n) is 2.67. The smallest absolute Gasteiger partial charge is 0.348 e. The number of methoxy groups -OCH3 is 2. The quantitative estimate of drug-likeness (QED) is 0.462. The zero-order valence-corrected chi connectivity index (χ0v) is 16.4. The fraction of sp³-hybridized carbons (Fsp3) is 0.238. The Hall–Kier alpha value is -2.73. The lowest BCUT2D eigenvalue weighted by atomic mass is 10.0. The molecule has 0 N–H and O–H groups in total. The molecule has 1 heterocycles. The molecule has 0 spiro atoms. The monoisotopic (exact) mass is 384 g/mol. The van der Waals surface area contributed by atoms with Crippen molar-refractivity contribution in [2.24, 2.45) is 0 Å². The van der Waals surface area contributed by atoms with Crippen LogP contribution >= 0.6 is 11.8 Å². The van der Waals surface area contributed by atoms with Gasteiger partial charge in [-0.05, 0) is 41.4 Å². The number of benzene rings is 2. The summed E-state index contributed by atoms with van der Waals surface area (Å²) in [6, 6.07) is 12.5. The highest BCUT2D eigenvalue weighted by molar-refractivity contribution is 8.14. The maximum Gasteiger partial charge on any atom is 0.348 e. The van der Waals surface area contributed by atoms with E-state index in [9.17, 15) is 9.59 Å². The first kappa shape index (κ1) is 19.0. The molecule has 3 aromatic rings. The van der Waals surface area contributed by atoms with Crippen LogP contribution in [0.5, 0.6) is 11.5 Å². The Balaban J connectivity index is 1.96. The van der Waals surface area contributed by atoms with Crippen LogP contribution in [0.15, 0.2) is 56.6 Å². The largest absolute Gasteiger partial charge is 0.496 e. The second-order valence-electron chi connectivity index (χ2n) is 6.30. The van der Waals surface area contributed by atoms with Gasteiger partial charge in [-0.3, -0.25) is 4.79 Å². The molecule has 0 saturated heterocycles. The standard InChI is InChI=1S/C21H20O5S/c1-12(2)13-5-7-15(8-6-13)27-21(23)17-11-16-18(25-4)9-14(24-3)10-19(16)26-20(17)22/h5-12H,1-4H3. The second kappa shape index (κ2) is 7.88. The summed E-state index contributed by atoms with van der Waals surface area (Å²) in [6.07, 6.45) is 0. The van der Waals surface area contributed by atoms with Crippen LogP contribution in [0.1, 0.15) is 35.7 Å². The van der Waals surface area contributed by atoms with E-state index in [-0.39, 0.29) is 10.7 Å². The minimum atomic E-state index is -0.686. The van der Waals surface area contributed by atoms with Crippen molar-refractivity contribution in [3.05, 3.63) is 64.0 Å². The Morgan fingerprint density at radius 3 is 2.33 bits per heavy atom. The molecular formula is C21H20O5S. The summed E-state index contributed by atoms with van der Waals surface area (Å²) in [5.74, 6) is 1.38. The first-order valence-corrected chi connectivity index (χ1v) is 9.26. The predicted octanol–water partition coefficient (Wildman–Crippen LogP) is 4.87. The summed E-state index contributed by atoms with van der Waals surface area (Å²) >= 11 is 0.997. The number of thioether (sulfide) groups is 1. The number of hydrogen-bond acceptors (Lipinski definition) is 6. The van der Waals surface area contributed by atoms with Crippen molar-refractivity contribution in [1.29, 1.82) is 0 Å². The minimum absolute atomic E-state index is 0.0242. The maximum absolute atomic E-state index is 12.7. The van der Waals surface area contributed by atoms with Crippen LogP contribution in [0, 0.1) is 0 Å². The van der Waals surface area contributed by atoms with Gasteiger partial charge in [-0.2, -0.15) is 0 Å². The van der Waals surface area contributed by atoms with Crippen LogP contribution in [0.2, 0.25) is 0 Å². The lowest BCUT2D eigenvalue weighted by Gasteiger charge is -2.09. The molecule has 1 aromatic heterocycles. The normalized spacial score (nSPS) is 11.0. The molecule has 140 valence electrons. The first-order chi connectivity index (χ1) is 12.9. The van der Waals surface area contributed by atoms with Crippen LogP contribution in [0.3, 0.4) is 0 Å². The van der Waals surface area contributed by atoms with Crippen LogP contribution in [-0.2, 0) is 0 Å². The summed E-state index contributed by atoms with van der Waals surface area (Å²) in [6.45, 7) is 4.21. The van der Waals surface area contributed by atoms with E-state index in [2.05, 4.69) is 13.8 Å². The van der Waals surface area contributed by atoms with E-state index < -0.39 is 5.63 Å². The predicted molar refractivity (Wildman–Crippen MR) is 106 cm³/mol. The Labute approximate surface area is 161 Å². The van der Waals surface area contributed by atoms with E-state index in [4.69, 9.17) is 13.9 Å². The molecule has 27 heavy (non-hydrogen) atoms. The van der Waals surface area contributed by atoms with Gasteiger partial charge in [0.2, 0.25) is 5.12 Å². The minimum Gasteiger partial charge on any atom is -0.496 e. The lowest BCUT2D eigenvalue weighted by molar-refractivity contribution is 0.108. The summed E-state index contributed by atoms with van der Waals surface area (Å²) in [7, 11) is 3.02. The van der Waals surface area contributed by atoms with E-state index in [1.165, 1.54) is 25.8 Å². The van der Waals surface area contributed by atoms with Crippen LogP contribution < -0.4 is 15.1 Å². The molecule has 2 aromatic carbocycles. The Bertz CT molecular complexity index is 1030. The highest BCUT2D eigenvalue weighted by Crippen LogP contribution is 2.32. The van der Waals surface area contributed by atoms with Gasteiger partial charge in [0.15, 0.2) is 0 Å². The van der Waals surface area contributed by atoms with Gasteiger partial charge in [0, 0.05) is 17.0 Å². The van der Waals surface area contributed by atoms with Gasteiger partial charge in [-0.25, -0.2) is 4.79 Å². The SMILES string of the molecule is COc1cc(OC)c2cc(C(=O)Sc3ccc(C(C)C)cc3)c(=O)oc2c1. The number of hydrogen-bond donors (Lipinski definition) is 0. The average molecular weight is 384 g/mol. The number of ether oxygens (including phenoxy) is 2. The molecule has 5 nitrogen and oxygen atoms in total. The summed E-state index contributed by atoms with van der Waals surface area (Å²) in [5.41, 5.74) is 0.785. The zero-order valence-electron chi connectivity index (χ0n) is 15.6. The highest BCUT2D eigenvalue weighted by atomic mass is 32.2. The van der Waals surface area contributed by atoms with E-state index in [0.29, 0.717) is 28.4 Å². The van der Waals surface area contributed by atoms with E-state index >= 15 is 0 Å². The second-order valence-corrected chi connectivity index (χ2v) is 7.35. The fourth-order valence-corrected chi connectivity index (χ4v) is 3.41. The van der Waals surface area contributed by atoms with Gasteiger partial charge < -0.3 is 13.9 Å². The molecule has 0 aliphatic carbocycles. The molecule has 0 amide bonds. The van der Waals surface area contributed by atoms with Crippen molar-refractivity contribution < 1.29 is 18.7 Å². The molecule has 0 fully saturated rings. The van der Waals surface area contributed by atoms with Crippen molar-refractivity contribution in [3.8, 4) is 11.5 Å². The number of carbonyl (C=O) groups is 1. The van der Waals surface area contributed by atoms with Gasteiger partial charge in [0.05, 0.1) is 19.6 Å². The van der Waals surface area contributed by atoms with E-state index in [1.54, 1.807) is 12.1 Å². The Kier molecular flexibility index (Phi) is 5.56.